The predicted molar refractivity (Wildman–Crippen MR) is 52.5 cm³/mol. The van der Waals surface area contributed by atoms with Gasteiger partial charge < -0.3 is 4.74 Å². The van der Waals surface area contributed by atoms with E-state index in [4.69, 9.17) is 4.74 Å². The van der Waals surface area contributed by atoms with Crippen molar-refractivity contribution in [3.63, 3.8) is 0 Å². The van der Waals surface area contributed by atoms with Crippen LogP contribution in [0, 0.1) is 11.8 Å². The second kappa shape index (κ2) is 4.56. The normalized spacial score (nSPS) is 32.1. The maximum Gasteiger partial charge on any atom is 0.274 e. The lowest BCUT2D eigenvalue weighted by molar-refractivity contribution is -0.181. The van der Waals surface area contributed by atoms with E-state index in [2.05, 4.69) is 0 Å². The highest BCUT2D eigenvalue weighted by atomic mass is 19.3. The average molecular weight is 206 g/mol. The second-order valence-corrected chi connectivity index (χ2v) is 4.78. The first-order valence-electron chi connectivity index (χ1n) is 5.43. The Morgan fingerprint density at radius 2 is 2.07 bits per heavy atom. The minimum absolute atomic E-state index is 0.0138. The molecule has 0 heterocycles. The highest BCUT2D eigenvalue weighted by Crippen LogP contribution is 2.38. The topological polar surface area (TPSA) is 9.23 Å². The van der Waals surface area contributed by atoms with E-state index in [1.807, 2.05) is 20.8 Å². The SMILES string of the molecule is CC(C)CO[C@@H]1[C@@H](C)CCCC1(F)F. The summed E-state index contributed by atoms with van der Waals surface area (Å²) in [6.07, 6.45) is 0.604. The number of rotatable bonds is 3. The van der Waals surface area contributed by atoms with Gasteiger partial charge in [0.25, 0.3) is 5.92 Å². The molecule has 3 heteroatoms. The summed E-state index contributed by atoms with van der Waals surface area (Å²) < 4.78 is 32.2. The lowest BCUT2D eigenvalue weighted by atomic mass is 9.85. The summed E-state index contributed by atoms with van der Waals surface area (Å²) in [5.41, 5.74) is 0. The van der Waals surface area contributed by atoms with Gasteiger partial charge in [0.2, 0.25) is 0 Å². The highest BCUT2D eigenvalue weighted by Gasteiger charge is 2.46. The highest BCUT2D eigenvalue weighted by molar-refractivity contribution is 4.87. The van der Waals surface area contributed by atoms with Crippen molar-refractivity contribution in [2.75, 3.05) is 6.61 Å². The third-order valence-corrected chi connectivity index (χ3v) is 2.71. The molecular formula is C11H20F2O. The van der Waals surface area contributed by atoms with E-state index >= 15 is 0 Å². The summed E-state index contributed by atoms with van der Waals surface area (Å²) in [5.74, 6) is -2.32. The van der Waals surface area contributed by atoms with Crippen molar-refractivity contribution >= 4 is 0 Å². The molecule has 0 radical (unpaired) electrons. The molecule has 0 aromatic carbocycles. The van der Waals surface area contributed by atoms with Gasteiger partial charge in [0, 0.05) is 13.0 Å². The molecule has 0 bridgehead atoms. The molecule has 14 heavy (non-hydrogen) atoms. The first-order chi connectivity index (χ1) is 6.43. The zero-order valence-corrected chi connectivity index (χ0v) is 9.22. The van der Waals surface area contributed by atoms with Crippen LogP contribution < -0.4 is 0 Å². The fraction of sp³-hybridized carbons (Fsp3) is 1.00. The van der Waals surface area contributed by atoms with E-state index in [0.29, 0.717) is 18.9 Å². The zero-order valence-electron chi connectivity index (χ0n) is 9.22. The third kappa shape index (κ3) is 2.91. The van der Waals surface area contributed by atoms with Gasteiger partial charge in [-0.3, -0.25) is 0 Å². The summed E-state index contributed by atoms with van der Waals surface area (Å²) in [5, 5.41) is 0. The maximum atomic E-state index is 13.4. The van der Waals surface area contributed by atoms with Gasteiger partial charge in [-0.1, -0.05) is 20.8 Å². The molecule has 2 atom stereocenters. The van der Waals surface area contributed by atoms with Crippen molar-refractivity contribution in [3.05, 3.63) is 0 Å². The molecule has 0 unspecified atom stereocenters. The van der Waals surface area contributed by atoms with Crippen LogP contribution in [-0.2, 0) is 4.74 Å². The molecule has 0 saturated heterocycles. The molecule has 0 aliphatic heterocycles. The van der Waals surface area contributed by atoms with Crippen molar-refractivity contribution in [2.24, 2.45) is 11.8 Å². The largest absolute Gasteiger partial charge is 0.371 e. The Labute approximate surface area is 84.8 Å². The van der Waals surface area contributed by atoms with E-state index in [0.717, 1.165) is 6.42 Å². The zero-order chi connectivity index (χ0) is 10.8. The second-order valence-electron chi connectivity index (χ2n) is 4.78. The van der Waals surface area contributed by atoms with E-state index < -0.39 is 12.0 Å². The molecule has 0 spiro atoms. The van der Waals surface area contributed by atoms with Gasteiger partial charge in [-0.2, -0.15) is 0 Å². The van der Waals surface area contributed by atoms with Gasteiger partial charge in [0.15, 0.2) is 0 Å². The standard InChI is InChI=1S/C11H20F2O/c1-8(2)7-14-10-9(3)5-4-6-11(10,12)13/h8-10H,4-7H2,1-3H3/t9-,10+/m0/s1. The first-order valence-corrected chi connectivity index (χ1v) is 5.43. The van der Waals surface area contributed by atoms with Gasteiger partial charge in [0.05, 0.1) is 0 Å². The molecule has 1 aliphatic carbocycles. The van der Waals surface area contributed by atoms with Crippen LogP contribution in [0.3, 0.4) is 0 Å². The predicted octanol–water partition coefficient (Wildman–Crippen LogP) is 3.48. The van der Waals surface area contributed by atoms with Crippen LogP contribution in [0.25, 0.3) is 0 Å². The monoisotopic (exact) mass is 206 g/mol. The minimum Gasteiger partial charge on any atom is -0.371 e. The van der Waals surface area contributed by atoms with Gasteiger partial charge in [-0.05, 0) is 24.7 Å². The Kier molecular flexibility index (Phi) is 3.87. The lowest BCUT2D eigenvalue weighted by Crippen LogP contribution is -2.44. The van der Waals surface area contributed by atoms with E-state index in [1.165, 1.54) is 0 Å². The van der Waals surface area contributed by atoms with Crippen molar-refractivity contribution in [1.82, 2.24) is 0 Å². The van der Waals surface area contributed by atoms with Crippen LogP contribution in [0.15, 0.2) is 0 Å². The molecule has 84 valence electrons. The summed E-state index contributed by atoms with van der Waals surface area (Å²) in [6.45, 7) is 6.25. The molecule has 0 amide bonds. The molecule has 0 aromatic rings. The molecule has 1 nitrogen and oxygen atoms in total. The van der Waals surface area contributed by atoms with Crippen LogP contribution in [0.1, 0.15) is 40.0 Å². The van der Waals surface area contributed by atoms with Gasteiger partial charge in [-0.25, -0.2) is 8.78 Å². The number of halogens is 2. The number of ether oxygens (including phenoxy) is 1. The van der Waals surface area contributed by atoms with Gasteiger partial charge in [0.1, 0.15) is 6.10 Å². The Morgan fingerprint density at radius 3 is 2.57 bits per heavy atom. The van der Waals surface area contributed by atoms with Crippen LogP contribution in [0.4, 0.5) is 8.78 Å². The van der Waals surface area contributed by atoms with Crippen LogP contribution >= 0.6 is 0 Å². The van der Waals surface area contributed by atoms with Crippen molar-refractivity contribution in [3.8, 4) is 0 Å². The summed E-state index contributed by atoms with van der Waals surface area (Å²) in [7, 11) is 0. The average Bonchev–Trinajstić information content (AvgIpc) is 2.01. The Hall–Kier alpha value is -0.180. The quantitative estimate of drug-likeness (QED) is 0.687. The number of hydrogen-bond donors (Lipinski definition) is 0. The van der Waals surface area contributed by atoms with E-state index in [1.54, 1.807) is 0 Å². The molecule has 0 aromatic heterocycles. The molecule has 0 N–H and O–H groups in total. The Bertz CT molecular complexity index is 180. The Morgan fingerprint density at radius 1 is 1.43 bits per heavy atom. The number of alkyl halides is 2. The van der Waals surface area contributed by atoms with Crippen LogP contribution in [0.2, 0.25) is 0 Å². The fourth-order valence-electron chi connectivity index (χ4n) is 1.95. The summed E-state index contributed by atoms with van der Waals surface area (Å²) >= 11 is 0. The molecular weight excluding hydrogens is 186 g/mol. The smallest absolute Gasteiger partial charge is 0.274 e. The molecule has 1 fully saturated rings. The van der Waals surface area contributed by atoms with Gasteiger partial charge in [-0.15, -0.1) is 0 Å². The van der Waals surface area contributed by atoms with E-state index in [9.17, 15) is 8.78 Å². The third-order valence-electron chi connectivity index (χ3n) is 2.71. The minimum atomic E-state index is -2.62. The molecule has 1 aliphatic rings. The van der Waals surface area contributed by atoms with Crippen LogP contribution in [-0.4, -0.2) is 18.6 Å². The fourth-order valence-corrected chi connectivity index (χ4v) is 1.95. The number of hydrogen-bond acceptors (Lipinski definition) is 1. The van der Waals surface area contributed by atoms with Gasteiger partial charge >= 0.3 is 0 Å². The van der Waals surface area contributed by atoms with E-state index in [-0.39, 0.29) is 12.3 Å². The first kappa shape index (κ1) is 11.9. The molecule has 1 saturated carbocycles. The summed E-state index contributed by atoms with van der Waals surface area (Å²) in [6, 6.07) is 0. The summed E-state index contributed by atoms with van der Waals surface area (Å²) in [4.78, 5) is 0. The maximum absolute atomic E-state index is 13.4. The Balaban J connectivity index is 2.52. The van der Waals surface area contributed by atoms with Crippen molar-refractivity contribution < 1.29 is 13.5 Å². The van der Waals surface area contributed by atoms with Crippen molar-refractivity contribution in [1.29, 1.82) is 0 Å². The van der Waals surface area contributed by atoms with Crippen LogP contribution in [0.5, 0.6) is 0 Å². The van der Waals surface area contributed by atoms with Crippen molar-refractivity contribution in [2.45, 2.75) is 52.1 Å². The lowest BCUT2D eigenvalue weighted by Gasteiger charge is -2.36. The molecule has 1 rings (SSSR count).